The van der Waals surface area contributed by atoms with Crippen molar-refractivity contribution in [1.29, 1.82) is 0 Å². The molecule has 0 radical (unpaired) electrons. The van der Waals surface area contributed by atoms with E-state index in [1.165, 1.54) is 12.8 Å². The molecule has 1 aromatic rings. The Morgan fingerprint density at radius 3 is 2.59 bits per heavy atom. The number of anilines is 1. The third-order valence-corrected chi connectivity index (χ3v) is 3.45. The van der Waals surface area contributed by atoms with Gasteiger partial charge in [-0.2, -0.15) is 0 Å². The Balaban J connectivity index is 2.17. The molecule has 1 aromatic heterocycles. The van der Waals surface area contributed by atoms with E-state index in [1.54, 1.807) is 19.1 Å². The summed E-state index contributed by atoms with van der Waals surface area (Å²) in [5, 5.41) is 12.4. The maximum Gasteiger partial charge on any atom is 0.337 e. The number of carboxylic acid groups (broad SMARTS) is 1. The highest BCUT2D eigenvalue weighted by Gasteiger charge is 2.28. The predicted octanol–water partition coefficient (Wildman–Crippen LogP) is 2.83. The normalized spacial score (nSPS) is 18.0. The molecule has 0 saturated heterocycles. The molecule has 17 heavy (non-hydrogen) atoms. The van der Waals surface area contributed by atoms with Gasteiger partial charge in [0.1, 0.15) is 5.82 Å². The Morgan fingerprint density at radius 1 is 1.41 bits per heavy atom. The number of carboxylic acids is 1. The SMILES string of the molecule is Cc1nc(NC2(C)CCCC2)ccc1C(=O)O. The van der Waals surface area contributed by atoms with E-state index >= 15 is 0 Å². The smallest absolute Gasteiger partial charge is 0.337 e. The monoisotopic (exact) mass is 234 g/mol. The summed E-state index contributed by atoms with van der Waals surface area (Å²) < 4.78 is 0. The van der Waals surface area contributed by atoms with Gasteiger partial charge in [0.05, 0.1) is 11.3 Å². The average molecular weight is 234 g/mol. The molecule has 2 N–H and O–H groups in total. The van der Waals surface area contributed by atoms with Crippen LogP contribution in [0.2, 0.25) is 0 Å². The van der Waals surface area contributed by atoms with Gasteiger partial charge in [0.15, 0.2) is 0 Å². The number of hydrogen-bond acceptors (Lipinski definition) is 3. The van der Waals surface area contributed by atoms with Gasteiger partial charge < -0.3 is 10.4 Å². The molecule has 1 fully saturated rings. The summed E-state index contributed by atoms with van der Waals surface area (Å²) in [7, 11) is 0. The van der Waals surface area contributed by atoms with Crippen LogP contribution in [-0.2, 0) is 0 Å². The van der Waals surface area contributed by atoms with Crippen molar-refractivity contribution < 1.29 is 9.90 Å². The average Bonchev–Trinajstić information content (AvgIpc) is 2.64. The molecule has 0 unspecified atom stereocenters. The van der Waals surface area contributed by atoms with Crippen LogP contribution in [0.3, 0.4) is 0 Å². The van der Waals surface area contributed by atoms with E-state index in [2.05, 4.69) is 17.2 Å². The third kappa shape index (κ3) is 2.57. The number of hydrogen-bond donors (Lipinski definition) is 2. The summed E-state index contributed by atoms with van der Waals surface area (Å²) in [5.74, 6) is -0.148. The topological polar surface area (TPSA) is 62.2 Å². The van der Waals surface area contributed by atoms with Crippen molar-refractivity contribution in [3.63, 3.8) is 0 Å². The lowest BCUT2D eigenvalue weighted by atomic mass is 10.0. The molecule has 0 bridgehead atoms. The molecule has 0 aliphatic heterocycles. The Labute approximate surface area is 101 Å². The largest absolute Gasteiger partial charge is 0.478 e. The van der Waals surface area contributed by atoms with Crippen LogP contribution in [0.1, 0.15) is 48.7 Å². The van der Waals surface area contributed by atoms with Crippen LogP contribution >= 0.6 is 0 Å². The summed E-state index contributed by atoms with van der Waals surface area (Å²) in [5.41, 5.74) is 0.945. The van der Waals surface area contributed by atoms with Crippen LogP contribution in [0, 0.1) is 6.92 Å². The Bertz CT molecular complexity index is 437. The zero-order valence-corrected chi connectivity index (χ0v) is 10.3. The van der Waals surface area contributed by atoms with Crippen molar-refractivity contribution in [2.75, 3.05) is 5.32 Å². The van der Waals surface area contributed by atoms with Gasteiger partial charge in [0, 0.05) is 5.54 Å². The first-order valence-electron chi connectivity index (χ1n) is 5.99. The Kier molecular flexibility index (Phi) is 3.05. The summed E-state index contributed by atoms with van der Waals surface area (Å²) in [6, 6.07) is 3.37. The second kappa shape index (κ2) is 4.35. The molecule has 0 atom stereocenters. The number of aryl methyl sites for hydroxylation is 1. The third-order valence-electron chi connectivity index (χ3n) is 3.45. The molecule has 0 aromatic carbocycles. The van der Waals surface area contributed by atoms with Crippen LogP contribution in [-0.4, -0.2) is 21.6 Å². The van der Waals surface area contributed by atoms with Gasteiger partial charge in [0.25, 0.3) is 0 Å². The van der Waals surface area contributed by atoms with Crippen molar-refractivity contribution in [2.45, 2.75) is 45.1 Å². The zero-order chi connectivity index (χ0) is 12.5. The fraction of sp³-hybridized carbons (Fsp3) is 0.538. The van der Waals surface area contributed by atoms with Gasteiger partial charge in [-0.15, -0.1) is 0 Å². The van der Waals surface area contributed by atoms with Gasteiger partial charge in [-0.05, 0) is 38.8 Å². The molecule has 0 spiro atoms. The fourth-order valence-corrected chi connectivity index (χ4v) is 2.45. The molecular formula is C13H18N2O2. The molecule has 1 saturated carbocycles. The standard InChI is InChI=1S/C13H18N2O2/c1-9-10(12(16)17)5-6-11(14-9)15-13(2)7-3-4-8-13/h5-6H,3-4,7-8H2,1-2H3,(H,14,15)(H,16,17). The van der Waals surface area contributed by atoms with E-state index in [0.29, 0.717) is 5.69 Å². The fourth-order valence-electron chi connectivity index (χ4n) is 2.45. The minimum Gasteiger partial charge on any atom is -0.478 e. The maximum absolute atomic E-state index is 10.9. The number of aromatic carboxylic acids is 1. The molecule has 0 amide bonds. The maximum atomic E-state index is 10.9. The van der Waals surface area contributed by atoms with Gasteiger partial charge in [-0.25, -0.2) is 9.78 Å². The van der Waals surface area contributed by atoms with Crippen LogP contribution in [0.25, 0.3) is 0 Å². The van der Waals surface area contributed by atoms with Crippen molar-refractivity contribution in [1.82, 2.24) is 4.98 Å². The molecule has 92 valence electrons. The van der Waals surface area contributed by atoms with Crippen molar-refractivity contribution in [3.8, 4) is 0 Å². The first-order chi connectivity index (χ1) is 8.00. The van der Waals surface area contributed by atoms with Crippen LogP contribution in [0.5, 0.6) is 0 Å². The minimum atomic E-state index is -0.923. The Morgan fingerprint density at radius 2 is 2.06 bits per heavy atom. The van der Waals surface area contributed by atoms with Gasteiger partial charge in [-0.1, -0.05) is 12.8 Å². The molecule has 2 rings (SSSR count). The van der Waals surface area contributed by atoms with Crippen LogP contribution in [0.15, 0.2) is 12.1 Å². The minimum absolute atomic E-state index is 0.115. The number of nitrogens with one attached hydrogen (secondary N) is 1. The van der Waals surface area contributed by atoms with E-state index in [0.717, 1.165) is 18.7 Å². The summed E-state index contributed by atoms with van der Waals surface area (Å²) >= 11 is 0. The van der Waals surface area contributed by atoms with E-state index in [-0.39, 0.29) is 11.1 Å². The second-order valence-electron chi connectivity index (χ2n) is 5.03. The second-order valence-corrected chi connectivity index (χ2v) is 5.03. The number of aromatic nitrogens is 1. The molecular weight excluding hydrogens is 216 g/mol. The predicted molar refractivity (Wildman–Crippen MR) is 66.4 cm³/mol. The van der Waals surface area contributed by atoms with Gasteiger partial charge in [0.2, 0.25) is 0 Å². The zero-order valence-electron chi connectivity index (χ0n) is 10.3. The van der Waals surface area contributed by atoms with E-state index < -0.39 is 5.97 Å². The highest BCUT2D eigenvalue weighted by molar-refractivity contribution is 5.89. The van der Waals surface area contributed by atoms with Crippen molar-refractivity contribution in [3.05, 3.63) is 23.4 Å². The van der Waals surface area contributed by atoms with Crippen molar-refractivity contribution in [2.24, 2.45) is 0 Å². The highest BCUT2D eigenvalue weighted by atomic mass is 16.4. The molecule has 1 heterocycles. The Hall–Kier alpha value is -1.58. The lowest BCUT2D eigenvalue weighted by Gasteiger charge is -2.26. The van der Waals surface area contributed by atoms with Crippen LogP contribution < -0.4 is 5.32 Å². The quantitative estimate of drug-likeness (QED) is 0.844. The lowest BCUT2D eigenvalue weighted by Crippen LogP contribution is -2.31. The first-order valence-corrected chi connectivity index (χ1v) is 5.99. The number of pyridine rings is 1. The number of rotatable bonds is 3. The molecule has 4 heteroatoms. The molecule has 1 aliphatic rings. The van der Waals surface area contributed by atoms with Gasteiger partial charge >= 0.3 is 5.97 Å². The summed E-state index contributed by atoms with van der Waals surface area (Å²) in [4.78, 5) is 15.2. The van der Waals surface area contributed by atoms with Gasteiger partial charge in [-0.3, -0.25) is 0 Å². The molecule has 4 nitrogen and oxygen atoms in total. The molecule has 1 aliphatic carbocycles. The van der Waals surface area contributed by atoms with E-state index in [9.17, 15) is 4.79 Å². The summed E-state index contributed by atoms with van der Waals surface area (Å²) in [6.07, 6.45) is 4.79. The first kappa shape index (κ1) is 11.9. The van der Waals surface area contributed by atoms with Crippen LogP contribution in [0.4, 0.5) is 5.82 Å². The summed E-state index contributed by atoms with van der Waals surface area (Å²) in [6.45, 7) is 3.92. The van der Waals surface area contributed by atoms with E-state index in [4.69, 9.17) is 5.11 Å². The van der Waals surface area contributed by atoms with E-state index in [1.807, 2.05) is 0 Å². The number of carbonyl (C=O) groups is 1. The number of nitrogens with zero attached hydrogens (tertiary/aromatic N) is 1. The lowest BCUT2D eigenvalue weighted by molar-refractivity contribution is 0.0695. The van der Waals surface area contributed by atoms with Crippen molar-refractivity contribution >= 4 is 11.8 Å². The highest BCUT2D eigenvalue weighted by Crippen LogP contribution is 2.32.